The molecule has 1 fully saturated rings. The molecule has 2 aromatic rings. The Hall–Kier alpha value is -2.60. The van der Waals surface area contributed by atoms with Gasteiger partial charge in [0.25, 0.3) is 11.8 Å². The molecule has 2 amide bonds. The number of rotatable bonds is 7. The summed E-state index contributed by atoms with van der Waals surface area (Å²) in [6.07, 6.45) is 2.72. The van der Waals surface area contributed by atoms with Crippen molar-refractivity contribution < 1.29 is 18.4 Å². The van der Waals surface area contributed by atoms with Gasteiger partial charge in [-0.05, 0) is 37.5 Å². The Labute approximate surface area is 156 Å². The van der Waals surface area contributed by atoms with Crippen molar-refractivity contribution in [3.8, 4) is 0 Å². The highest BCUT2D eigenvalue weighted by Crippen LogP contribution is 2.29. The van der Waals surface area contributed by atoms with Crippen LogP contribution in [0.1, 0.15) is 45.5 Å². The van der Waals surface area contributed by atoms with Crippen LogP contribution in [-0.2, 0) is 6.54 Å². The first kappa shape index (κ1) is 17.8. The molecule has 1 aliphatic heterocycles. The fraction of sp³-hybridized carbons (Fsp3) is 0.333. The maximum atomic E-state index is 14.0. The van der Waals surface area contributed by atoms with Gasteiger partial charge in [0.2, 0.25) is 0 Å². The summed E-state index contributed by atoms with van der Waals surface area (Å²) >= 11 is 0. The predicted octanol–water partition coefficient (Wildman–Crippen LogP) is 3.62. The molecular formula is C21H20F2N2O2. The summed E-state index contributed by atoms with van der Waals surface area (Å²) in [6, 6.07) is 10.9. The minimum absolute atomic E-state index is 0.252. The van der Waals surface area contributed by atoms with Crippen LogP contribution in [0.4, 0.5) is 8.78 Å². The molecule has 0 unspecified atom stereocenters. The second-order valence-electron chi connectivity index (χ2n) is 7.10. The van der Waals surface area contributed by atoms with Crippen molar-refractivity contribution in [3.05, 3.63) is 70.8 Å². The number of nitrogens with zero attached hydrogens (tertiary/aromatic N) is 2. The van der Waals surface area contributed by atoms with Gasteiger partial charge in [0.15, 0.2) is 0 Å². The van der Waals surface area contributed by atoms with Crippen molar-refractivity contribution in [1.82, 2.24) is 9.80 Å². The van der Waals surface area contributed by atoms with E-state index in [2.05, 4.69) is 4.90 Å². The van der Waals surface area contributed by atoms with E-state index in [1.54, 1.807) is 24.3 Å². The second-order valence-corrected chi connectivity index (χ2v) is 7.10. The third-order valence-corrected chi connectivity index (χ3v) is 5.16. The number of carbonyl (C=O) groups is 2. The van der Waals surface area contributed by atoms with Crippen molar-refractivity contribution in [2.45, 2.75) is 31.8 Å². The third-order valence-electron chi connectivity index (χ3n) is 5.16. The van der Waals surface area contributed by atoms with Crippen LogP contribution in [0, 0.1) is 11.6 Å². The number of amides is 2. The Bertz CT molecular complexity index is 861. The van der Waals surface area contributed by atoms with E-state index in [-0.39, 0.29) is 11.8 Å². The van der Waals surface area contributed by atoms with Crippen molar-refractivity contribution in [3.63, 3.8) is 0 Å². The zero-order valence-corrected chi connectivity index (χ0v) is 14.8. The normalized spacial score (nSPS) is 16.3. The Kier molecular flexibility index (Phi) is 4.74. The lowest BCUT2D eigenvalue weighted by atomic mass is 10.1. The lowest BCUT2D eigenvalue weighted by Crippen LogP contribution is -2.34. The zero-order chi connectivity index (χ0) is 19.0. The van der Waals surface area contributed by atoms with Gasteiger partial charge in [0.1, 0.15) is 11.6 Å². The summed E-state index contributed by atoms with van der Waals surface area (Å²) in [5.74, 6) is -1.63. The van der Waals surface area contributed by atoms with Crippen LogP contribution in [0.15, 0.2) is 42.5 Å². The van der Waals surface area contributed by atoms with E-state index in [1.807, 2.05) is 0 Å². The smallest absolute Gasteiger partial charge is 0.261 e. The number of benzene rings is 2. The van der Waals surface area contributed by atoms with Crippen molar-refractivity contribution in [1.29, 1.82) is 0 Å². The average molecular weight is 370 g/mol. The molecule has 27 heavy (non-hydrogen) atoms. The summed E-state index contributed by atoms with van der Waals surface area (Å²) in [5, 5.41) is 0. The van der Waals surface area contributed by atoms with E-state index in [0.717, 1.165) is 18.9 Å². The molecular weight excluding hydrogens is 350 g/mol. The van der Waals surface area contributed by atoms with E-state index in [9.17, 15) is 18.4 Å². The summed E-state index contributed by atoms with van der Waals surface area (Å²) in [5.41, 5.74) is 1.37. The Morgan fingerprint density at radius 1 is 1.00 bits per heavy atom. The molecule has 0 saturated heterocycles. The molecule has 0 atom stereocenters. The van der Waals surface area contributed by atoms with Gasteiger partial charge < -0.3 is 0 Å². The highest BCUT2D eigenvalue weighted by molar-refractivity contribution is 6.21. The maximum Gasteiger partial charge on any atom is 0.261 e. The fourth-order valence-electron chi connectivity index (χ4n) is 3.57. The second kappa shape index (κ2) is 7.19. The minimum Gasteiger partial charge on any atom is -0.296 e. The van der Waals surface area contributed by atoms with E-state index < -0.39 is 11.6 Å². The number of halogens is 2. The molecule has 0 spiro atoms. The van der Waals surface area contributed by atoms with Gasteiger partial charge in [0, 0.05) is 37.3 Å². The van der Waals surface area contributed by atoms with Gasteiger partial charge >= 0.3 is 0 Å². The molecule has 140 valence electrons. The first-order valence-corrected chi connectivity index (χ1v) is 9.18. The van der Waals surface area contributed by atoms with Crippen LogP contribution in [0.5, 0.6) is 0 Å². The summed E-state index contributed by atoms with van der Waals surface area (Å²) in [4.78, 5) is 28.2. The van der Waals surface area contributed by atoms with Gasteiger partial charge in [-0.3, -0.25) is 19.4 Å². The molecule has 2 aromatic carbocycles. The Morgan fingerprint density at radius 2 is 1.67 bits per heavy atom. The summed E-state index contributed by atoms with van der Waals surface area (Å²) in [6.45, 7) is 1.38. The topological polar surface area (TPSA) is 40.6 Å². The van der Waals surface area contributed by atoms with Crippen LogP contribution in [-0.4, -0.2) is 40.7 Å². The Balaban J connectivity index is 1.37. The highest BCUT2D eigenvalue weighted by atomic mass is 19.1. The molecule has 0 bridgehead atoms. The van der Waals surface area contributed by atoms with E-state index in [4.69, 9.17) is 0 Å². The van der Waals surface area contributed by atoms with Crippen LogP contribution >= 0.6 is 0 Å². The molecule has 1 aliphatic carbocycles. The van der Waals surface area contributed by atoms with Gasteiger partial charge in [-0.25, -0.2) is 8.78 Å². The van der Waals surface area contributed by atoms with E-state index in [1.165, 1.54) is 17.0 Å². The first-order chi connectivity index (χ1) is 13.0. The van der Waals surface area contributed by atoms with Crippen molar-refractivity contribution in [2.75, 3.05) is 13.1 Å². The van der Waals surface area contributed by atoms with Gasteiger partial charge in [-0.2, -0.15) is 0 Å². The molecule has 1 heterocycles. The molecule has 6 heteroatoms. The van der Waals surface area contributed by atoms with Gasteiger partial charge in [0.05, 0.1) is 11.1 Å². The number of carbonyl (C=O) groups excluding carboxylic acids is 2. The highest BCUT2D eigenvalue weighted by Gasteiger charge is 2.35. The average Bonchev–Trinajstić information content (AvgIpc) is 3.47. The molecule has 1 saturated carbocycles. The van der Waals surface area contributed by atoms with Crippen LogP contribution in [0.2, 0.25) is 0 Å². The standard InChI is InChI=1S/C21H20F2N2O2/c22-15-7-6-14(19(23)12-15)13-24(16-8-9-16)10-3-11-25-20(26)17-4-1-2-5-18(17)21(25)27/h1-2,4-7,12,16H,3,8-11,13H2. The SMILES string of the molecule is O=C1c2ccccc2C(=O)N1CCCN(Cc1ccc(F)cc1F)C1CC1. The number of fused-ring (bicyclic) bond motifs is 1. The van der Waals surface area contributed by atoms with E-state index >= 15 is 0 Å². The molecule has 0 N–H and O–H groups in total. The third kappa shape index (κ3) is 3.62. The first-order valence-electron chi connectivity index (χ1n) is 9.18. The summed E-state index contributed by atoms with van der Waals surface area (Å²) < 4.78 is 27.0. The lowest BCUT2D eigenvalue weighted by Gasteiger charge is -2.23. The van der Waals surface area contributed by atoms with Crippen molar-refractivity contribution in [2.24, 2.45) is 0 Å². The van der Waals surface area contributed by atoms with Gasteiger partial charge in [-0.15, -0.1) is 0 Å². The molecule has 0 radical (unpaired) electrons. The van der Waals surface area contributed by atoms with Crippen LogP contribution < -0.4 is 0 Å². The van der Waals surface area contributed by atoms with Crippen LogP contribution in [0.3, 0.4) is 0 Å². The molecule has 0 aromatic heterocycles. The minimum atomic E-state index is -0.583. The largest absolute Gasteiger partial charge is 0.296 e. The lowest BCUT2D eigenvalue weighted by molar-refractivity contribution is 0.0646. The number of hydrogen-bond donors (Lipinski definition) is 0. The molecule has 2 aliphatic rings. The van der Waals surface area contributed by atoms with Gasteiger partial charge in [-0.1, -0.05) is 18.2 Å². The van der Waals surface area contributed by atoms with Crippen LogP contribution in [0.25, 0.3) is 0 Å². The summed E-state index contributed by atoms with van der Waals surface area (Å²) in [7, 11) is 0. The van der Waals surface area contributed by atoms with Crippen molar-refractivity contribution >= 4 is 11.8 Å². The number of imide groups is 1. The molecule has 4 nitrogen and oxygen atoms in total. The zero-order valence-electron chi connectivity index (χ0n) is 14.8. The van der Waals surface area contributed by atoms with E-state index in [0.29, 0.717) is 48.8 Å². The Morgan fingerprint density at radius 3 is 2.26 bits per heavy atom. The fourth-order valence-corrected chi connectivity index (χ4v) is 3.57. The molecule has 4 rings (SSSR count). The predicted molar refractivity (Wildman–Crippen MR) is 96.2 cm³/mol. The maximum absolute atomic E-state index is 14.0. The quantitative estimate of drug-likeness (QED) is 0.699. The number of hydrogen-bond acceptors (Lipinski definition) is 3. The monoisotopic (exact) mass is 370 g/mol.